The van der Waals surface area contributed by atoms with Crippen LogP contribution in [0.2, 0.25) is 0 Å². The van der Waals surface area contributed by atoms with Crippen molar-refractivity contribution in [1.29, 1.82) is 0 Å². The third-order valence-corrected chi connectivity index (χ3v) is 3.24. The molecule has 3 rings (SSSR count). The van der Waals surface area contributed by atoms with Gasteiger partial charge in [-0.05, 0) is 19.1 Å². The molecule has 0 bridgehead atoms. The summed E-state index contributed by atoms with van der Waals surface area (Å²) in [6.45, 7) is 4.42. The zero-order chi connectivity index (χ0) is 11.1. The van der Waals surface area contributed by atoms with E-state index in [0.29, 0.717) is 12.6 Å². The molecule has 5 heteroatoms. The van der Waals surface area contributed by atoms with Crippen molar-refractivity contribution >= 4 is 6.03 Å². The number of hydrogen-bond donors (Lipinski definition) is 2. The van der Waals surface area contributed by atoms with E-state index in [0.717, 1.165) is 24.6 Å². The molecule has 2 N–H and O–H groups in total. The maximum atomic E-state index is 11.7. The van der Waals surface area contributed by atoms with E-state index in [9.17, 15) is 4.79 Å². The molecule has 2 aliphatic rings. The summed E-state index contributed by atoms with van der Waals surface area (Å²) < 4.78 is 5.54. The quantitative estimate of drug-likeness (QED) is 0.770. The minimum atomic E-state index is 0.00167. The number of nitrogens with zero attached hydrogens (tertiary/aromatic N) is 1. The van der Waals surface area contributed by atoms with Crippen LogP contribution in [0.15, 0.2) is 16.5 Å². The van der Waals surface area contributed by atoms with E-state index in [-0.39, 0.29) is 12.1 Å². The Bertz CT molecular complexity index is 411. The van der Waals surface area contributed by atoms with Crippen molar-refractivity contribution in [3.63, 3.8) is 0 Å². The van der Waals surface area contributed by atoms with E-state index in [1.807, 2.05) is 24.0 Å². The minimum Gasteiger partial charge on any atom is -0.464 e. The Hall–Kier alpha value is -1.49. The van der Waals surface area contributed by atoms with Gasteiger partial charge in [-0.25, -0.2) is 4.79 Å². The van der Waals surface area contributed by atoms with Crippen molar-refractivity contribution in [3.05, 3.63) is 23.7 Å². The van der Waals surface area contributed by atoms with Gasteiger partial charge < -0.3 is 20.0 Å². The second-order valence-corrected chi connectivity index (χ2v) is 4.41. The zero-order valence-electron chi connectivity index (χ0n) is 9.19. The molecular weight excluding hydrogens is 206 g/mol. The fraction of sp³-hybridized carbons (Fsp3) is 0.545. The fourth-order valence-electron chi connectivity index (χ4n) is 2.17. The molecule has 1 atom stereocenters. The van der Waals surface area contributed by atoms with Crippen molar-refractivity contribution in [2.45, 2.75) is 19.0 Å². The van der Waals surface area contributed by atoms with Gasteiger partial charge in [-0.1, -0.05) is 0 Å². The van der Waals surface area contributed by atoms with Crippen LogP contribution in [-0.4, -0.2) is 36.6 Å². The summed E-state index contributed by atoms with van der Waals surface area (Å²) in [6, 6.07) is 4.23. The lowest BCUT2D eigenvalue weighted by Crippen LogP contribution is -2.57. The predicted octanol–water partition coefficient (Wildman–Crippen LogP) is 0.626. The van der Waals surface area contributed by atoms with Crippen molar-refractivity contribution in [2.24, 2.45) is 0 Å². The van der Waals surface area contributed by atoms with Gasteiger partial charge in [-0.2, -0.15) is 0 Å². The van der Waals surface area contributed by atoms with Gasteiger partial charge in [-0.3, -0.25) is 0 Å². The molecule has 1 aromatic heterocycles. The monoisotopic (exact) mass is 221 g/mol. The van der Waals surface area contributed by atoms with Gasteiger partial charge >= 0.3 is 6.03 Å². The van der Waals surface area contributed by atoms with Gasteiger partial charge in [0.25, 0.3) is 0 Å². The summed E-state index contributed by atoms with van der Waals surface area (Å²) in [5, 5.41) is 6.12. The maximum Gasteiger partial charge on any atom is 0.318 e. The number of nitrogens with one attached hydrogen (secondary N) is 2. The summed E-state index contributed by atoms with van der Waals surface area (Å²) in [5.41, 5.74) is 0. The highest BCUT2D eigenvalue weighted by molar-refractivity contribution is 5.77. The Labute approximate surface area is 93.8 Å². The lowest BCUT2D eigenvalue weighted by atomic mass is 10.1. The Morgan fingerprint density at radius 3 is 2.81 bits per heavy atom. The van der Waals surface area contributed by atoms with E-state index in [2.05, 4.69) is 10.6 Å². The smallest absolute Gasteiger partial charge is 0.318 e. The summed E-state index contributed by atoms with van der Waals surface area (Å²) in [5.74, 6) is 1.73. The van der Waals surface area contributed by atoms with E-state index in [4.69, 9.17) is 4.42 Å². The summed E-state index contributed by atoms with van der Waals surface area (Å²) in [7, 11) is 0. The molecule has 0 aliphatic carbocycles. The molecule has 2 fully saturated rings. The van der Waals surface area contributed by atoms with Crippen LogP contribution in [0.3, 0.4) is 0 Å². The van der Waals surface area contributed by atoms with Gasteiger partial charge in [0.05, 0.1) is 12.6 Å². The lowest BCUT2D eigenvalue weighted by Gasteiger charge is -2.34. The lowest BCUT2D eigenvalue weighted by molar-refractivity contribution is 0.172. The van der Waals surface area contributed by atoms with Crippen molar-refractivity contribution in [1.82, 2.24) is 15.5 Å². The largest absolute Gasteiger partial charge is 0.464 e. The maximum absolute atomic E-state index is 11.7. The Morgan fingerprint density at radius 2 is 2.25 bits per heavy atom. The molecular formula is C11H15N3O2. The van der Waals surface area contributed by atoms with Crippen LogP contribution in [0.1, 0.15) is 17.6 Å². The van der Waals surface area contributed by atoms with Crippen molar-refractivity contribution < 1.29 is 9.21 Å². The number of aryl methyl sites for hydroxylation is 1. The highest BCUT2D eigenvalue weighted by Gasteiger charge is 2.37. The second kappa shape index (κ2) is 3.52. The highest BCUT2D eigenvalue weighted by atomic mass is 16.3. The first-order chi connectivity index (χ1) is 7.74. The van der Waals surface area contributed by atoms with E-state index in [1.165, 1.54) is 0 Å². The first-order valence-corrected chi connectivity index (χ1v) is 5.58. The van der Waals surface area contributed by atoms with Gasteiger partial charge in [-0.15, -0.1) is 0 Å². The number of carbonyl (C=O) groups excluding carboxylic acids is 1. The molecule has 2 aliphatic heterocycles. The highest BCUT2D eigenvalue weighted by Crippen LogP contribution is 2.24. The van der Waals surface area contributed by atoms with Gasteiger partial charge in [0.2, 0.25) is 0 Å². The van der Waals surface area contributed by atoms with Crippen LogP contribution in [0.4, 0.5) is 4.79 Å². The minimum absolute atomic E-state index is 0.00167. The van der Waals surface area contributed by atoms with Crippen LogP contribution < -0.4 is 10.6 Å². The Morgan fingerprint density at radius 1 is 1.44 bits per heavy atom. The molecule has 0 radical (unpaired) electrons. The van der Waals surface area contributed by atoms with Crippen LogP contribution in [-0.2, 0) is 0 Å². The van der Waals surface area contributed by atoms with E-state index >= 15 is 0 Å². The number of carbonyl (C=O) groups is 1. The summed E-state index contributed by atoms with van der Waals surface area (Å²) >= 11 is 0. The van der Waals surface area contributed by atoms with Crippen LogP contribution >= 0.6 is 0 Å². The molecule has 16 heavy (non-hydrogen) atoms. The molecule has 1 unspecified atom stereocenters. The predicted molar refractivity (Wildman–Crippen MR) is 58.1 cm³/mol. The van der Waals surface area contributed by atoms with Crippen molar-refractivity contribution in [3.8, 4) is 0 Å². The van der Waals surface area contributed by atoms with Gasteiger partial charge in [0.1, 0.15) is 17.6 Å². The average Bonchev–Trinajstić information content (AvgIpc) is 2.72. The third-order valence-electron chi connectivity index (χ3n) is 3.24. The van der Waals surface area contributed by atoms with Crippen LogP contribution in [0.5, 0.6) is 0 Å². The fourth-order valence-corrected chi connectivity index (χ4v) is 2.17. The van der Waals surface area contributed by atoms with E-state index in [1.54, 1.807) is 0 Å². The standard InChI is InChI=1S/C11H15N3O2/c1-7-2-3-10(16-7)9-6-14(11(15)13-9)8-4-12-5-8/h2-3,8-9,12H,4-6H2,1H3,(H,13,15). The number of furan rings is 1. The van der Waals surface area contributed by atoms with Crippen molar-refractivity contribution in [2.75, 3.05) is 19.6 Å². The topological polar surface area (TPSA) is 57.5 Å². The third kappa shape index (κ3) is 1.48. The molecule has 0 aromatic carbocycles. The molecule has 0 spiro atoms. The Kier molecular flexibility index (Phi) is 2.14. The first-order valence-electron chi connectivity index (χ1n) is 5.58. The van der Waals surface area contributed by atoms with Gasteiger partial charge in [0, 0.05) is 13.1 Å². The van der Waals surface area contributed by atoms with E-state index < -0.39 is 0 Å². The molecule has 3 heterocycles. The van der Waals surface area contributed by atoms with Crippen LogP contribution in [0, 0.1) is 6.92 Å². The first kappa shape index (κ1) is 9.72. The average molecular weight is 221 g/mol. The number of hydrogen-bond acceptors (Lipinski definition) is 3. The molecule has 0 saturated carbocycles. The SMILES string of the molecule is Cc1ccc(C2CN(C3CNC3)C(=O)N2)o1. The summed E-state index contributed by atoms with van der Waals surface area (Å²) in [4.78, 5) is 13.6. The number of urea groups is 1. The van der Waals surface area contributed by atoms with Crippen LogP contribution in [0.25, 0.3) is 0 Å². The van der Waals surface area contributed by atoms with Gasteiger partial charge in [0.15, 0.2) is 0 Å². The normalized spacial score (nSPS) is 25.7. The molecule has 2 amide bonds. The Balaban J connectivity index is 1.73. The molecule has 1 aromatic rings. The molecule has 2 saturated heterocycles. The number of amides is 2. The molecule has 5 nitrogen and oxygen atoms in total. The summed E-state index contributed by atoms with van der Waals surface area (Å²) in [6.07, 6.45) is 0. The number of rotatable bonds is 2. The zero-order valence-corrected chi connectivity index (χ0v) is 9.19. The second-order valence-electron chi connectivity index (χ2n) is 4.41. The molecule has 86 valence electrons.